The van der Waals surface area contributed by atoms with Crippen LogP contribution in [0.1, 0.15) is 37.8 Å². The molecule has 0 unspecified atom stereocenters. The van der Waals surface area contributed by atoms with Crippen LogP contribution in [0.5, 0.6) is 0 Å². The predicted molar refractivity (Wildman–Crippen MR) is 105 cm³/mol. The third-order valence-electron chi connectivity index (χ3n) is 5.32. The summed E-state index contributed by atoms with van der Waals surface area (Å²) >= 11 is 0. The number of hydrogen-bond acceptors (Lipinski definition) is 2. The van der Waals surface area contributed by atoms with E-state index >= 15 is 0 Å². The van der Waals surface area contributed by atoms with Gasteiger partial charge in [0.1, 0.15) is 0 Å². The van der Waals surface area contributed by atoms with E-state index in [-0.39, 0.29) is 5.97 Å². The molecule has 0 amide bonds. The maximum Gasteiger partial charge on any atom is 0.304 e. The Labute approximate surface area is 154 Å². The van der Waals surface area contributed by atoms with Crippen molar-refractivity contribution >= 4 is 17.1 Å². The first kappa shape index (κ1) is 16.6. The Hall–Kier alpha value is -2.87. The first-order valence-corrected chi connectivity index (χ1v) is 8.99. The molecule has 2 aliphatic rings. The lowest BCUT2D eigenvalue weighted by molar-refractivity contribution is -0.147. The first-order chi connectivity index (χ1) is 12.6. The average molecular weight is 342 g/mol. The van der Waals surface area contributed by atoms with E-state index in [1.807, 2.05) is 31.2 Å². The molecule has 0 heterocycles. The van der Waals surface area contributed by atoms with Crippen molar-refractivity contribution in [3.05, 3.63) is 95.1 Å². The molecule has 0 bridgehead atoms. The van der Waals surface area contributed by atoms with Gasteiger partial charge in [-0.2, -0.15) is 0 Å². The van der Waals surface area contributed by atoms with Crippen LogP contribution in [0.2, 0.25) is 0 Å². The van der Waals surface area contributed by atoms with E-state index < -0.39 is 5.60 Å². The fourth-order valence-corrected chi connectivity index (χ4v) is 4.37. The van der Waals surface area contributed by atoms with Gasteiger partial charge in [0.25, 0.3) is 0 Å². The number of ether oxygens (including phenoxy) is 1. The van der Waals surface area contributed by atoms with E-state index in [9.17, 15) is 4.79 Å². The molecule has 4 rings (SSSR count). The largest absolute Gasteiger partial charge is 0.445 e. The Bertz CT molecular complexity index is 948. The Morgan fingerprint density at radius 2 is 1.38 bits per heavy atom. The van der Waals surface area contributed by atoms with Gasteiger partial charge in [-0.05, 0) is 47.6 Å². The molecule has 2 aromatic rings. The number of esters is 1. The zero-order valence-corrected chi connectivity index (χ0v) is 15.2. The quantitative estimate of drug-likeness (QED) is 0.535. The highest BCUT2D eigenvalue weighted by molar-refractivity contribution is 6.02. The standard InChI is InChI=1S/C24H22O2/c1-16(2)24(26-17(3)25)22(19-12-8-5-9-13-19)21-15-14-20(23(21)24)18-10-6-4-7-11-18/h4-13H,1,14-15H2,2-3H3/t24-/m0/s1. The van der Waals surface area contributed by atoms with Gasteiger partial charge < -0.3 is 4.74 Å². The summed E-state index contributed by atoms with van der Waals surface area (Å²) in [6.45, 7) is 7.65. The van der Waals surface area contributed by atoms with E-state index in [1.54, 1.807) is 0 Å². The molecular formula is C24H22O2. The molecule has 130 valence electrons. The highest BCUT2D eigenvalue weighted by atomic mass is 16.6. The molecule has 2 heteroatoms. The van der Waals surface area contributed by atoms with Crippen LogP contribution >= 0.6 is 0 Å². The third kappa shape index (κ3) is 2.29. The summed E-state index contributed by atoms with van der Waals surface area (Å²) in [5, 5.41) is 0. The van der Waals surface area contributed by atoms with Crippen LogP contribution in [-0.4, -0.2) is 11.6 Å². The van der Waals surface area contributed by atoms with Crippen LogP contribution in [0, 0.1) is 0 Å². The Morgan fingerprint density at radius 3 is 1.92 bits per heavy atom. The molecule has 2 aromatic carbocycles. The summed E-state index contributed by atoms with van der Waals surface area (Å²) in [5.74, 6) is -0.285. The lowest BCUT2D eigenvalue weighted by atomic mass is 9.63. The molecule has 26 heavy (non-hydrogen) atoms. The van der Waals surface area contributed by atoms with Crippen LogP contribution in [0.3, 0.4) is 0 Å². The molecule has 1 atom stereocenters. The van der Waals surface area contributed by atoms with Crippen LogP contribution in [-0.2, 0) is 9.53 Å². The zero-order chi connectivity index (χ0) is 18.3. The summed E-state index contributed by atoms with van der Waals surface area (Å²) in [6.07, 6.45) is 1.93. The van der Waals surface area contributed by atoms with Crippen LogP contribution in [0.4, 0.5) is 0 Å². The summed E-state index contributed by atoms with van der Waals surface area (Å²) in [7, 11) is 0. The smallest absolute Gasteiger partial charge is 0.304 e. The van der Waals surface area contributed by atoms with Crippen molar-refractivity contribution in [2.75, 3.05) is 0 Å². The van der Waals surface area contributed by atoms with E-state index in [1.165, 1.54) is 23.6 Å². The van der Waals surface area contributed by atoms with Crippen molar-refractivity contribution in [3.63, 3.8) is 0 Å². The highest BCUT2D eigenvalue weighted by Gasteiger charge is 2.56. The van der Waals surface area contributed by atoms with Crippen LogP contribution in [0.25, 0.3) is 11.1 Å². The van der Waals surface area contributed by atoms with Crippen molar-refractivity contribution in [3.8, 4) is 0 Å². The molecular weight excluding hydrogens is 320 g/mol. The van der Waals surface area contributed by atoms with Gasteiger partial charge in [0, 0.05) is 18.1 Å². The van der Waals surface area contributed by atoms with Gasteiger partial charge in [-0.25, -0.2) is 0 Å². The maximum absolute atomic E-state index is 12.1. The van der Waals surface area contributed by atoms with E-state index in [0.717, 1.165) is 35.1 Å². The number of carbonyl (C=O) groups excluding carboxylic acids is 1. The number of allylic oxidation sites excluding steroid dienone is 1. The molecule has 0 spiro atoms. The number of fused-ring (bicyclic) bond motifs is 1. The molecule has 0 N–H and O–H groups in total. The number of rotatable bonds is 4. The van der Waals surface area contributed by atoms with Crippen molar-refractivity contribution in [1.29, 1.82) is 0 Å². The lowest BCUT2D eigenvalue weighted by Crippen LogP contribution is -2.46. The van der Waals surface area contributed by atoms with Gasteiger partial charge in [0.05, 0.1) is 0 Å². The van der Waals surface area contributed by atoms with Gasteiger partial charge in [0.15, 0.2) is 5.60 Å². The van der Waals surface area contributed by atoms with Crippen LogP contribution < -0.4 is 0 Å². The second-order valence-corrected chi connectivity index (χ2v) is 6.99. The number of hydrogen-bond donors (Lipinski definition) is 0. The average Bonchev–Trinajstić information content (AvgIpc) is 3.01. The predicted octanol–water partition coefficient (Wildman–Crippen LogP) is 5.58. The molecule has 0 radical (unpaired) electrons. The first-order valence-electron chi connectivity index (χ1n) is 8.99. The van der Waals surface area contributed by atoms with Gasteiger partial charge in [-0.3, -0.25) is 4.79 Å². The minimum Gasteiger partial charge on any atom is -0.445 e. The van der Waals surface area contributed by atoms with E-state index in [0.29, 0.717) is 0 Å². The normalized spacial score (nSPS) is 21.3. The molecule has 0 saturated carbocycles. The summed E-state index contributed by atoms with van der Waals surface area (Å²) in [5.41, 5.74) is 7.12. The molecule has 0 aromatic heterocycles. The highest BCUT2D eigenvalue weighted by Crippen LogP contribution is 2.62. The SMILES string of the molecule is C=C(C)[C@@]1(OC(C)=O)C2=C(c3ccccc3)CCC2=C1c1ccccc1. The van der Waals surface area contributed by atoms with E-state index in [4.69, 9.17) is 4.74 Å². The molecule has 2 nitrogen and oxygen atoms in total. The zero-order valence-electron chi connectivity index (χ0n) is 15.2. The van der Waals surface area contributed by atoms with Gasteiger partial charge in [-0.1, -0.05) is 67.2 Å². The summed E-state index contributed by atoms with van der Waals surface area (Å²) in [4.78, 5) is 12.1. The van der Waals surface area contributed by atoms with Crippen molar-refractivity contribution in [1.82, 2.24) is 0 Å². The second-order valence-electron chi connectivity index (χ2n) is 6.99. The molecule has 0 fully saturated rings. The topological polar surface area (TPSA) is 26.3 Å². The summed E-state index contributed by atoms with van der Waals surface area (Å²) in [6, 6.07) is 20.6. The maximum atomic E-state index is 12.1. The van der Waals surface area contributed by atoms with E-state index in [2.05, 4.69) is 43.0 Å². The Balaban J connectivity index is 1.99. The Morgan fingerprint density at radius 1 is 0.846 bits per heavy atom. The molecule has 2 aliphatic carbocycles. The van der Waals surface area contributed by atoms with Gasteiger partial charge >= 0.3 is 5.97 Å². The lowest BCUT2D eigenvalue weighted by Gasteiger charge is -2.47. The Kier molecular flexibility index (Phi) is 3.91. The number of carbonyl (C=O) groups is 1. The third-order valence-corrected chi connectivity index (χ3v) is 5.32. The monoisotopic (exact) mass is 342 g/mol. The van der Waals surface area contributed by atoms with Crippen molar-refractivity contribution in [2.24, 2.45) is 0 Å². The molecule has 0 saturated heterocycles. The molecule has 0 aliphatic heterocycles. The van der Waals surface area contributed by atoms with Gasteiger partial charge in [0.2, 0.25) is 0 Å². The fourth-order valence-electron chi connectivity index (χ4n) is 4.37. The van der Waals surface area contributed by atoms with Crippen molar-refractivity contribution in [2.45, 2.75) is 32.3 Å². The van der Waals surface area contributed by atoms with Crippen LogP contribution in [0.15, 0.2) is 84.0 Å². The minimum atomic E-state index is -0.843. The van der Waals surface area contributed by atoms with Gasteiger partial charge in [-0.15, -0.1) is 0 Å². The summed E-state index contributed by atoms with van der Waals surface area (Å²) < 4.78 is 6.01. The number of benzene rings is 2. The fraction of sp³-hybridized carbons (Fsp3) is 0.208. The van der Waals surface area contributed by atoms with Crippen molar-refractivity contribution < 1.29 is 9.53 Å². The minimum absolute atomic E-state index is 0.285. The second kappa shape index (κ2) is 6.14.